The van der Waals surface area contributed by atoms with E-state index in [-0.39, 0.29) is 0 Å². The van der Waals surface area contributed by atoms with Gasteiger partial charge in [0.2, 0.25) is 0 Å². The zero-order chi connectivity index (χ0) is 12.5. The van der Waals surface area contributed by atoms with Gasteiger partial charge < -0.3 is 0 Å². The molecule has 94 valence electrons. The second-order valence-electron chi connectivity index (χ2n) is 5.04. The Kier molecular flexibility index (Phi) is 3.08. The summed E-state index contributed by atoms with van der Waals surface area (Å²) >= 11 is 6.16. The zero-order valence-corrected chi connectivity index (χ0v) is 11.2. The van der Waals surface area contributed by atoms with Gasteiger partial charge in [-0.25, -0.2) is 9.67 Å². The minimum atomic E-state index is 0.701. The van der Waals surface area contributed by atoms with E-state index in [4.69, 9.17) is 11.6 Å². The highest BCUT2D eigenvalue weighted by Crippen LogP contribution is 2.21. The van der Waals surface area contributed by atoms with Crippen molar-refractivity contribution >= 4 is 11.6 Å². The van der Waals surface area contributed by atoms with Crippen LogP contribution in [0.3, 0.4) is 0 Å². The Labute approximate surface area is 112 Å². The molecule has 3 rings (SSSR count). The van der Waals surface area contributed by atoms with E-state index in [9.17, 15) is 0 Å². The fourth-order valence-corrected chi connectivity index (χ4v) is 2.61. The Morgan fingerprint density at radius 2 is 2.22 bits per heavy atom. The highest BCUT2D eigenvalue weighted by Gasteiger charge is 2.18. The molecule has 0 amide bonds. The first kappa shape index (κ1) is 11.7. The lowest BCUT2D eigenvalue weighted by Crippen LogP contribution is -2.18. The van der Waals surface area contributed by atoms with Crippen molar-refractivity contribution in [2.75, 3.05) is 0 Å². The third-order valence-corrected chi connectivity index (χ3v) is 3.81. The van der Waals surface area contributed by atoms with Crippen LogP contribution >= 0.6 is 11.6 Å². The van der Waals surface area contributed by atoms with Crippen LogP contribution in [0.4, 0.5) is 0 Å². The maximum Gasteiger partial charge on any atom is 0.155 e. The number of fused-ring (bicyclic) bond motifs is 1. The zero-order valence-electron chi connectivity index (χ0n) is 10.4. The molecule has 1 aromatic heterocycles. The van der Waals surface area contributed by atoms with Crippen molar-refractivity contribution in [1.82, 2.24) is 14.8 Å². The number of aromatic nitrogens is 3. The molecule has 1 aliphatic heterocycles. The maximum atomic E-state index is 6.16. The second kappa shape index (κ2) is 4.73. The van der Waals surface area contributed by atoms with Crippen molar-refractivity contribution in [1.29, 1.82) is 0 Å². The highest BCUT2D eigenvalue weighted by atomic mass is 35.5. The normalized spacial score (nSPS) is 18.7. The highest BCUT2D eigenvalue weighted by molar-refractivity contribution is 6.31. The van der Waals surface area contributed by atoms with Gasteiger partial charge in [-0.1, -0.05) is 36.7 Å². The van der Waals surface area contributed by atoms with E-state index < -0.39 is 0 Å². The summed E-state index contributed by atoms with van der Waals surface area (Å²) in [5.41, 5.74) is 1.09. The number of nitrogens with zero attached hydrogens (tertiary/aromatic N) is 3. The average Bonchev–Trinajstić information content (AvgIpc) is 2.73. The van der Waals surface area contributed by atoms with Gasteiger partial charge in [-0.3, -0.25) is 0 Å². The quantitative estimate of drug-likeness (QED) is 0.832. The molecule has 0 aliphatic carbocycles. The van der Waals surface area contributed by atoms with E-state index in [2.05, 4.69) is 21.7 Å². The Bertz CT molecular complexity index is 562. The van der Waals surface area contributed by atoms with E-state index >= 15 is 0 Å². The Morgan fingerprint density at radius 1 is 1.39 bits per heavy atom. The minimum absolute atomic E-state index is 0.701. The molecular formula is C14H16ClN3. The Morgan fingerprint density at radius 3 is 3.06 bits per heavy atom. The van der Waals surface area contributed by atoms with Crippen molar-refractivity contribution in [3.05, 3.63) is 46.5 Å². The van der Waals surface area contributed by atoms with Gasteiger partial charge in [0, 0.05) is 24.4 Å². The fraction of sp³-hybridized carbons (Fsp3) is 0.429. The smallest absolute Gasteiger partial charge is 0.155 e. The van der Waals surface area contributed by atoms with Gasteiger partial charge in [-0.15, -0.1) is 0 Å². The van der Waals surface area contributed by atoms with Crippen LogP contribution in [-0.4, -0.2) is 14.8 Å². The molecule has 0 saturated heterocycles. The first-order chi connectivity index (χ1) is 8.72. The Balaban J connectivity index is 1.84. The summed E-state index contributed by atoms with van der Waals surface area (Å²) in [5.74, 6) is 2.70. The van der Waals surface area contributed by atoms with E-state index in [0.29, 0.717) is 12.3 Å². The van der Waals surface area contributed by atoms with Crippen molar-refractivity contribution in [2.24, 2.45) is 5.92 Å². The minimum Gasteiger partial charge on any atom is -0.250 e. The summed E-state index contributed by atoms with van der Waals surface area (Å²) in [6, 6.07) is 7.89. The molecule has 3 nitrogen and oxygen atoms in total. The molecule has 0 fully saturated rings. The third-order valence-electron chi connectivity index (χ3n) is 3.44. The maximum absolute atomic E-state index is 6.16. The first-order valence-corrected chi connectivity index (χ1v) is 6.76. The van der Waals surface area contributed by atoms with Crippen molar-refractivity contribution in [2.45, 2.75) is 32.7 Å². The molecular weight excluding hydrogens is 246 g/mol. The first-order valence-electron chi connectivity index (χ1n) is 6.38. The topological polar surface area (TPSA) is 30.7 Å². The molecule has 18 heavy (non-hydrogen) atoms. The molecule has 0 spiro atoms. The van der Waals surface area contributed by atoms with Gasteiger partial charge in [0.15, 0.2) is 5.82 Å². The fourth-order valence-electron chi connectivity index (χ4n) is 2.41. The molecule has 0 saturated carbocycles. The van der Waals surface area contributed by atoms with Gasteiger partial charge in [0.25, 0.3) is 0 Å². The number of hydrogen-bond acceptors (Lipinski definition) is 2. The molecule has 4 heteroatoms. The second-order valence-corrected chi connectivity index (χ2v) is 5.45. The number of aryl methyl sites for hydroxylation is 1. The molecule has 2 aromatic rings. The summed E-state index contributed by atoms with van der Waals surface area (Å²) in [6.07, 6.45) is 2.97. The predicted molar refractivity (Wildman–Crippen MR) is 71.8 cm³/mol. The summed E-state index contributed by atoms with van der Waals surface area (Å²) in [6.45, 7) is 3.25. The van der Waals surface area contributed by atoms with Gasteiger partial charge >= 0.3 is 0 Å². The van der Waals surface area contributed by atoms with Gasteiger partial charge in [-0.05, 0) is 24.0 Å². The summed E-state index contributed by atoms with van der Waals surface area (Å²) in [7, 11) is 0. The van der Waals surface area contributed by atoms with Crippen molar-refractivity contribution < 1.29 is 0 Å². The van der Waals surface area contributed by atoms with Crippen LogP contribution in [0.1, 0.15) is 30.6 Å². The van der Waals surface area contributed by atoms with Crippen LogP contribution < -0.4 is 0 Å². The standard InChI is InChI=1S/C14H16ClN3/c1-10-6-7-14-16-13(17-18(14)9-10)8-11-4-2-3-5-12(11)15/h2-5,10H,6-9H2,1H3. The lowest BCUT2D eigenvalue weighted by Gasteiger charge is -2.17. The lowest BCUT2D eigenvalue weighted by molar-refractivity contribution is 0.367. The molecule has 1 unspecified atom stereocenters. The SMILES string of the molecule is CC1CCc2nc(Cc3ccccc3Cl)nn2C1. The van der Waals surface area contributed by atoms with E-state index in [1.807, 2.05) is 24.3 Å². The molecule has 0 N–H and O–H groups in total. The largest absolute Gasteiger partial charge is 0.250 e. The molecule has 0 bridgehead atoms. The molecule has 1 aromatic carbocycles. The Hall–Kier alpha value is -1.35. The number of benzene rings is 1. The average molecular weight is 262 g/mol. The van der Waals surface area contributed by atoms with Gasteiger partial charge in [0.1, 0.15) is 5.82 Å². The monoisotopic (exact) mass is 261 g/mol. The van der Waals surface area contributed by atoms with Crippen molar-refractivity contribution in [3.8, 4) is 0 Å². The van der Waals surface area contributed by atoms with Crippen LogP contribution in [0, 0.1) is 5.92 Å². The van der Waals surface area contributed by atoms with E-state index in [1.165, 1.54) is 6.42 Å². The van der Waals surface area contributed by atoms with Crippen LogP contribution in [0.2, 0.25) is 5.02 Å². The number of hydrogen-bond donors (Lipinski definition) is 0. The van der Waals surface area contributed by atoms with Crippen LogP contribution in [0.5, 0.6) is 0 Å². The van der Waals surface area contributed by atoms with Crippen molar-refractivity contribution in [3.63, 3.8) is 0 Å². The summed E-state index contributed by atoms with van der Waals surface area (Å²) in [4.78, 5) is 4.61. The summed E-state index contributed by atoms with van der Waals surface area (Å²) in [5, 5.41) is 5.37. The van der Waals surface area contributed by atoms with Gasteiger partial charge in [-0.2, -0.15) is 5.10 Å². The van der Waals surface area contributed by atoms with E-state index in [1.54, 1.807) is 0 Å². The molecule has 1 aliphatic rings. The summed E-state index contributed by atoms with van der Waals surface area (Å²) < 4.78 is 2.06. The van der Waals surface area contributed by atoms with Crippen LogP contribution in [0.25, 0.3) is 0 Å². The van der Waals surface area contributed by atoms with Crippen LogP contribution in [-0.2, 0) is 19.4 Å². The molecule has 1 atom stereocenters. The number of halogens is 1. The third kappa shape index (κ3) is 2.27. The molecule has 2 heterocycles. The van der Waals surface area contributed by atoms with Gasteiger partial charge in [0.05, 0.1) is 0 Å². The lowest BCUT2D eigenvalue weighted by atomic mass is 10.0. The van der Waals surface area contributed by atoms with E-state index in [0.717, 1.165) is 35.2 Å². The number of rotatable bonds is 2. The predicted octanol–water partition coefficient (Wildman–Crippen LogP) is 3.10. The van der Waals surface area contributed by atoms with Crippen LogP contribution in [0.15, 0.2) is 24.3 Å². The molecule has 0 radical (unpaired) electrons.